The fourth-order valence-corrected chi connectivity index (χ4v) is 1.45. The van der Waals surface area contributed by atoms with Crippen molar-refractivity contribution in [3.8, 4) is 5.75 Å². The Hall–Kier alpha value is -0.950. The van der Waals surface area contributed by atoms with Gasteiger partial charge < -0.3 is 4.74 Å². The number of halogens is 1. The first-order valence-corrected chi connectivity index (χ1v) is 4.25. The second-order valence-corrected chi connectivity index (χ2v) is 3.28. The molecule has 0 aromatic heterocycles. The van der Waals surface area contributed by atoms with Gasteiger partial charge in [0.05, 0.1) is 6.61 Å². The maximum absolute atomic E-state index is 5.75. The molecule has 12 heavy (non-hydrogen) atoms. The molecule has 0 saturated heterocycles. The number of benzene rings is 1. The third-order valence-electron chi connectivity index (χ3n) is 2.01. The minimum atomic E-state index is 0.563. The Labute approximate surface area is 76.6 Å². The second-order valence-electron chi connectivity index (χ2n) is 2.83. The van der Waals surface area contributed by atoms with Crippen molar-refractivity contribution in [3.63, 3.8) is 0 Å². The van der Waals surface area contributed by atoms with Crippen molar-refractivity contribution in [1.29, 1.82) is 0 Å². The first-order valence-electron chi connectivity index (χ1n) is 3.88. The summed E-state index contributed by atoms with van der Waals surface area (Å²) in [5.41, 5.74) is 2.20. The highest BCUT2D eigenvalue weighted by Gasteiger charge is 2.11. The van der Waals surface area contributed by atoms with E-state index >= 15 is 0 Å². The lowest BCUT2D eigenvalue weighted by atomic mass is 10.1. The van der Waals surface area contributed by atoms with Gasteiger partial charge >= 0.3 is 0 Å². The highest BCUT2D eigenvalue weighted by Crippen LogP contribution is 2.29. The third-order valence-corrected chi connectivity index (χ3v) is 2.23. The average Bonchev–Trinajstić information content (AvgIpc) is 2.49. The molecule has 0 spiro atoms. The van der Waals surface area contributed by atoms with Gasteiger partial charge in [-0.25, -0.2) is 0 Å². The van der Waals surface area contributed by atoms with Crippen LogP contribution in [0.4, 0.5) is 0 Å². The molecule has 0 N–H and O–H groups in total. The van der Waals surface area contributed by atoms with Gasteiger partial charge in [0.25, 0.3) is 0 Å². The van der Waals surface area contributed by atoms with Crippen LogP contribution in [0, 0.1) is 0 Å². The van der Waals surface area contributed by atoms with Gasteiger partial charge in [-0.3, -0.25) is 0 Å². The molecule has 0 saturated carbocycles. The van der Waals surface area contributed by atoms with Gasteiger partial charge in [-0.15, -0.1) is 0 Å². The molecule has 0 radical (unpaired) electrons. The topological polar surface area (TPSA) is 9.23 Å². The van der Waals surface area contributed by atoms with Gasteiger partial charge in [0, 0.05) is 11.5 Å². The fraction of sp³-hybridized carbons (Fsp3) is 0.200. The first kappa shape index (κ1) is 7.69. The van der Waals surface area contributed by atoms with Crippen molar-refractivity contribution >= 4 is 16.6 Å². The van der Waals surface area contributed by atoms with Crippen LogP contribution in [0.1, 0.15) is 11.1 Å². The minimum Gasteiger partial charge on any atom is -0.493 e. The molecule has 62 valence electrons. The van der Waals surface area contributed by atoms with Crippen LogP contribution in [-0.4, -0.2) is 6.61 Å². The summed E-state index contributed by atoms with van der Waals surface area (Å²) >= 11 is 5.75. The monoisotopic (exact) mass is 180 g/mol. The lowest BCUT2D eigenvalue weighted by Crippen LogP contribution is -1.86. The predicted molar refractivity (Wildman–Crippen MR) is 50.5 cm³/mol. The van der Waals surface area contributed by atoms with E-state index in [4.69, 9.17) is 16.3 Å². The van der Waals surface area contributed by atoms with Gasteiger partial charge in [-0.2, -0.15) is 0 Å². The zero-order valence-electron chi connectivity index (χ0n) is 6.64. The molecule has 2 heteroatoms. The standard InChI is InChI=1S/C10H9ClO/c1-7(11)9-3-2-8-4-5-12-10(8)6-9/h2-3,6H,1,4-5H2. The number of hydrogen-bond donors (Lipinski definition) is 0. The van der Waals surface area contributed by atoms with Crippen LogP contribution in [0.3, 0.4) is 0 Å². The third kappa shape index (κ3) is 1.21. The Kier molecular flexibility index (Phi) is 1.81. The number of ether oxygens (including phenoxy) is 1. The van der Waals surface area contributed by atoms with E-state index < -0.39 is 0 Å². The normalized spacial score (nSPS) is 13.8. The summed E-state index contributed by atoms with van der Waals surface area (Å²) in [6.07, 6.45) is 1.00. The van der Waals surface area contributed by atoms with Crippen LogP contribution >= 0.6 is 11.6 Å². The fourth-order valence-electron chi connectivity index (χ4n) is 1.34. The summed E-state index contributed by atoms with van der Waals surface area (Å²) < 4.78 is 5.39. The van der Waals surface area contributed by atoms with Gasteiger partial charge in [0.2, 0.25) is 0 Å². The lowest BCUT2D eigenvalue weighted by molar-refractivity contribution is 0.356. The second kappa shape index (κ2) is 2.83. The Bertz CT molecular complexity index is 331. The summed E-state index contributed by atoms with van der Waals surface area (Å²) in [6, 6.07) is 5.96. The van der Waals surface area contributed by atoms with Crippen LogP contribution in [0.5, 0.6) is 5.75 Å². The van der Waals surface area contributed by atoms with E-state index in [1.165, 1.54) is 5.56 Å². The zero-order valence-corrected chi connectivity index (χ0v) is 7.40. The largest absolute Gasteiger partial charge is 0.493 e. The molecule has 1 aliphatic heterocycles. The highest BCUT2D eigenvalue weighted by molar-refractivity contribution is 6.48. The summed E-state index contributed by atoms with van der Waals surface area (Å²) in [5, 5.41) is 0.563. The molecular weight excluding hydrogens is 172 g/mol. The smallest absolute Gasteiger partial charge is 0.123 e. The van der Waals surface area contributed by atoms with Crippen molar-refractivity contribution in [2.24, 2.45) is 0 Å². The molecule has 0 aliphatic carbocycles. The van der Waals surface area contributed by atoms with E-state index in [0.717, 1.165) is 24.3 Å². The molecule has 0 atom stereocenters. The van der Waals surface area contributed by atoms with Crippen LogP contribution in [0.25, 0.3) is 5.03 Å². The molecule has 1 nitrogen and oxygen atoms in total. The van der Waals surface area contributed by atoms with Gasteiger partial charge in [-0.1, -0.05) is 30.3 Å². The van der Waals surface area contributed by atoms with E-state index in [1.807, 2.05) is 18.2 Å². The van der Waals surface area contributed by atoms with Crippen molar-refractivity contribution in [3.05, 3.63) is 35.9 Å². The molecule has 0 amide bonds. The van der Waals surface area contributed by atoms with E-state index in [0.29, 0.717) is 5.03 Å². The molecule has 1 heterocycles. The first-order chi connectivity index (χ1) is 5.77. The summed E-state index contributed by atoms with van der Waals surface area (Å²) in [4.78, 5) is 0. The van der Waals surface area contributed by atoms with Gasteiger partial charge in [-0.05, 0) is 17.2 Å². The van der Waals surface area contributed by atoms with E-state index in [9.17, 15) is 0 Å². The maximum atomic E-state index is 5.75. The average molecular weight is 181 g/mol. The summed E-state index contributed by atoms with van der Waals surface area (Å²) in [7, 11) is 0. The molecule has 1 aromatic rings. The van der Waals surface area contributed by atoms with Crippen molar-refractivity contribution < 1.29 is 4.74 Å². The maximum Gasteiger partial charge on any atom is 0.123 e. The van der Waals surface area contributed by atoms with Crippen molar-refractivity contribution in [1.82, 2.24) is 0 Å². The molecule has 0 fully saturated rings. The van der Waals surface area contributed by atoms with Gasteiger partial charge in [0.1, 0.15) is 5.75 Å². The molecule has 2 rings (SSSR count). The van der Waals surface area contributed by atoms with E-state index in [-0.39, 0.29) is 0 Å². The number of rotatable bonds is 1. The van der Waals surface area contributed by atoms with Crippen molar-refractivity contribution in [2.45, 2.75) is 6.42 Å². The highest BCUT2D eigenvalue weighted by atomic mass is 35.5. The zero-order chi connectivity index (χ0) is 8.55. The Balaban J connectivity index is 2.45. The van der Waals surface area contributed by atoms with E-state index in [1.54, 1.807) is 0 Å². The summed E-state index contributed by atoms with van der Waals surface area (Å²) in [5.74, 6) is 0.953. The molecule has 1 aromatic carbocycles. The molecule has 1 aliphatic rings. The minimum absolute atomic E-state index is 0.563. The van der Waals surface area contributed by atoms with Crippen LogP contribution in [-0.2, 0) is 6.42 Å². The SMILES string of the molecule is C=C(Cl)c1ccc2c(c1)OCC2. The number of fused-ring (bicyclic) bond motifs is 1. The van der Waals surface area contributed by atoms with Crippen LogP contribution in [0.15, 0.2) is 24.8 Å². The Morgan fingerprint density at radius 3 is 3.08 bits per heavy atom. The molecule has 0 unspecified atom stereocenters. The van der Waals surface area contributed by atoms with Crippen LogP contribution < -0.4 is 4.74 Å². The van der Waals surface area contributed by atoms with Crippen LogP contribution in [0.2, 0.25) is 0 Å². The van der Waals surface area contributed by atoms with E-state index in [2.05, 4.69) is 6.58 Å². The predicted octanol–water partition coefficient (Wildman–Crippen LogP) is 2.83. The summed E-state index contributed by atoms with van der Waals surface area (Å²) in [6.45, 7) is 4.45. The Morgan fingerprint density at radius 1 is 1.50 bits per heavy atom. The lowest BCUT2D eigenvalue weighted by Gasteiger charge is -2.01. The van der Waals surface area contributed by atoms with Crippen molar-refractivity contribution in [2.75, 3.05) is 6.61 Å². The Morgan fingerprint density at radius 2 is 2.33 bits per heavy atom. The molecular formula is C10H9ClO. The number of hydrogen-bond acceptors (Lipinski definition) is 1. The van der Waals surface area contributed by atoms with Gasteiger partial charge in [0.15, 0.2) is 0 Å². The quantitative estimate of drug-likeness (QED) is 0.646. The molecule has 0 bridgehead atoms.